The van der Waals surface area contributed by atoms with Crippen LogP contribution in [0.5, 0.6) is 0 Å². The molecule has 0 radical (unpaired) electrons. The third kappa shape index (κ3) is 13.8. The minimum Gasteiger partial charge on any atom is -0.453 e. The number of nitrogens with one attached hydrogen (secondary N) is 4. The zero-order valence-corrected chi connectivity index (χ0v) is 36.7. The zero-order valence-electron chi connectivity index (χ0n) is 34.2. The van der Waals surface area contributed by atoms with Crippen LogP contribution in [0.15, 0.2) is 59.1 Å². The molecule has 0 aromatic heterocycles. The smallest absolute Gasteiger partial charge is 0.407 e. The Bertz CT molecular complexity index is 1520. The number of carbonyl (C=O) groups is 4. The van der Waals surface area contributed by atoms with E-state index in [-0.39, 0.29) is 23.3 Å². The van der Waals surface area contributed by atoms with Gasteiger partial charge < -0.3 is 25.1 Å². The molecular weight excluding hydrogens is 754 g/mol. The van der Waals surface area contributed by atoms with Crippen LogP contribution in [0, 0.1) is 10.8 Å². The third-order valence-electron chi connectivity index (χ3n) is 9.79. The topological polar surface area (TPSA) is 138 Å². The largest absolute Gasteiger partial charge is 0.453 e. The first-order valence-electron chi connectivity index (χ1n) is 18.3. The van der Waals surface area contributed by atoms with E-state index < -0.39 is 48.8 Å². The molecule has 3 atom stereocenters. The highest BCUT2D eigenvalue weighted by Gasteiger charge is 2.50. The summed E-state index contributed by atoms with van der Waals surface area (Å²) in [6.45, 7) is 22.7. The van der Waals surface area contributed by atoms with Gasteiger partial charge in [-0.15, -0.1) is 0 Å². The standard InChI is InChI=1S/C40H64BrN5O6Si/c1-37(2,3)31(33(47)42-10)43-35(49)40(26-28-18-15-14-16-19-28,52-53(12,13)39(7,8)9)24-17-25-46(27-29-20-22-30(41)23-21-29)45-34(48)32(38(4,5)6)44-36(50)51-11/h14-16,18-23,31-32H,17,24-27H2,1-13H3,(H,42,47)(H,43,49)(H,44,50)(H,45,48)/t31-,32-,40-/m1/s1. The molecule has 2 aromatic carbocycles. The molecule has 11 nitrogen and oxygen atoms in total. The summed E-state index contributed by atoms with van der Waals surface area (Å²) >= 11 is 3.50. The Hall–Kier alpha value is -3.26. The van der Waals surface area contributed by atoms with Crippen molar-refractivity contribution >= 4 is 48.1 Å². The molecule has 0 aliphatic heterocycles. The molecule has 0 aliphatic carbocycles. The van der Waals surface area contributed by atoms with E-state index in [9.17, 15) is 19.2 Å². The lowest BCUT2D eigenvalue weighted by Gasteiger charge is -2.46. The molecule has 0 heterocycles. The maximum Gasteiger partial charge on any atom is 0.407 e. The second kappa shape index (κ2) is 18.9. The van der Waals surface area contributed by atoms with Crippen LogP contribution in [0.3, 0.4) is 0 Å². The number of alkyl carbamates (subject to hydrolysis) is 1. The predicted molar refractivity (Wildman–Crippen MR) is 217 cm³/mol. The van der Waals surface area contributed by atoms with Crippen molar-refractivity contribution in [3.05, 3.63) is 70.2 Å². The third-order valence-corrected chi connectivity index (χ3v) is 14.8. The molecule has 0 saturated heterocycles. The average molecular weight is 819 g/mol. The molecule has 13 heteroatoms. The van der Waals surface area contributed by atoms with Crippen molar-refractivity contribution in [2.45, 2.75) is 124 Å². The molecule has 0 unspecified atom stereocenters. The lowest BCUT2D eigenvalue weighted by atomic mass is 9.84. The number of halogens is 1. The van der Waals surface area contributed by atoms with Crippen LogP contribution in [-0.4, -0.2) is 75.5 Å². The van der Waals surface area contributed by atoms with Crippen LogP contribution >= 0.6 is 15.9 Å². The number of rotatable bonds is 16. The fourth-order valence-corrected chi connectivity index (χ4v) is 7.49. The van der Waals surface area contributed by atoms with Crippen LogP contribution < -0.4 is 21.4 Å². The van der Waals surface area contributed by atoms with Crippen LogP contribution in [0.25, 0.3) is 0 Å². The van der Waals surface area contributed by atoms with Crippen LogP contribution in [0.4, 0.5) is 4.79 Å². The van der Waals surface area contributed by atoms with Gasteiger partial charge in [-0.25, -0.2) is 9.80 Å². The van der Waals surface area contributed by atoms with E-state index in [1.54, 1.807) is 7.05 Å². The van der Waals surface area contributed by atoms with Gasteiger partial charge >= 0.3 is 6.09 Å². The van der Waals surface area contributed by atoms with Crippen molar-refractivity contribution in [2.24, 2.45) is 10.8 Å². The maximum atomic E-state index is 14.9. The first-order valence-corrected chi connectivity index (χ1v) is 22.0. The number of carbonyl (C=O) groups excluding carboxylic acids is 4. The number of hydrogen-bond acceptors (Lipinski definition) is 7. The van der Waals surface area contributed by atoms with Crippen LogP contribution in [0.2, 0.25) is 18.1 Å². The molecular formula is C40H64BrN5O6Si. The Morgan fingerprint density at radius 1 is 0.792 bits per heavy atom. The fraction of sp³-hybridized carbons (Fsp3) is 0.600. The highest BCUT2D eigenvalue weighted by Crippen LogP contribution is 2.41. The minimum atomic E-state index is -2.62. The van der Waals surface area contributed by atoms with Gasteiger partial charge in [-0.3, -0.25) is 19.8 Å². The van der Waals surface area contributed by atoms with E-state index >= 15 is 0 Å². The van der Waals surface area contributed by atoms with E-state index in [1.165, 1.54) is 7.11 Å². The highest BCUT2D eigenvalue weighted by molar-refractivity contribution is 9.10. The highest BCUT2D eigenvalue weighted by atomic mass is 79.9. The zero-order chi connectivity index (χ0) is 40.4. The molecule has 53 heavy (non-hydrogen) atoms. The summed E-state index contributed by atoms with van der Waals surface area (Å²) in [5, 5.41) is 10.1. The van der Waals surface area contributed by atoms with E-state index in [1.807, 2.05) is 101 Å². The van der Waals surface area contributed by atoms with Crippen molar-refractivity contribution in [3.8, 4) is 0 Å². The van der Waals surface area contributed by atoms with Gasteiger partial charge in [0.05, 0.1) is 7.11 Å². The summed E-state index contributed by atoms with van der Waals surface area (Å²) in [4.78, 5) is 54.2. The molecule has 0 bridgehead atoms. The number of hydrazine groups is 1. The molecule has 0 saturated carbocycles. The van der Waals surface area contributed by atoms with Crippen molar-refractivity contribution in [1.82, 2.24) is 26.4 Å². The Morgan fingerprint density at radius 3 is 1.83 bits per heavy atom. The van der Waals surface area contributed by atoms with Crippen molar-refractivity contribution in [2.75, 3.05) is 20.7 Å². The van der Waals surface area contributed by atoms with Crippen molar-refractivity contribution < 1.29 is 28.3 Å². The second-order valence-corrected chi connectivity index (χ2v) is 23.1. The minimum absolute atomic E-state index is 0.227. The summed E-state index contributed by atoms with van der Waals surface area (Å²) in [6.07, 6.45) is 0.312. The number of ether oxygens (including phenoxy) is 1. The molecule has 4 amide bonds. The average Bonchev–Trinajstić information content (AvgIpc) is 3.04. The predicted octanol–water partition coefficient (Wildman–Crippen LogP) is 7.11. The quantitative estimate of drug-likeness (QED) is 0.105. The Kier molecular flexibility index (Phi) is 16.3. The summed E-state index contributed by atoms with van der Waals surface area (Å²) in [5.74, 6) is -1.04. The van der Waals surface area contributed by atoms with Crippen LogP contribution in [-0.2, 0) is 36.5 Å². The van der Waals surface area contributed by atoms with Crippen LogP contribution in [0.1, 0.15) is 86.3 Å². The normalized spacial score (nSPS) is 14.8. The van der Waals surface area contributed by atoms with Gasteiger partial charge in [-0.1, -0.05) is 121 Å². The van der Waals surface area contributed by atoms with E-state index in [0.29, 0.717) is 25.9 Å². The SMILES string of the molecule is CNC(=O)[C@@H](NC(=O)[C@@](CCCN(Cc1ccc(Br)cc1)NC(=O)[C@@H](NC(=O)OC)C(C)(C)C)(Cc1ccccc1)O[Si](C)(C)C(C)(C)C)C(C)(C)C. The van der Waals surface area contributed by atoms with E-state index in [2.05, 4.69) is 71.2 Å². The number of nitrogens with zero attached hydrogens (tertiary/aromatic N) is 1. The molecule has 0 aliphatic rings. The van der Waals surface area contributed by atoms with E-state index in [0.717, 1.165) is 15.6 Å². The Labute approximate surface area is 327 Å². The van der Waals surface area contributed by atoms with Gasteiger partial charge in [0.25, 0.3) is 11.8 Å². The maximum absolute atomic E-state index is 14.9. The lowest BCUT2D eigenvalue weighted by Crippen LogP contribution is -2.63. The number of hydrogen-bond donors (Lipinski definition) is 4. The van der Waals surface area contributed by atoms with Gasteiger partial charge in [0.15, 0.2) is 8.32 Å². The van der Waals surface area contributed by atoms with Gasteiger partial charge in [-0.05, 0) is 65.1 Å². The molecule has 2 rings (SSSR count). The van der Waals surface area contributed by atoms with Crippen molar-refractivity contribution in [3.63, 3.8) is 0 Å². The summed E-state index contributed by atoms with van der Waals surface area (Å²) in [6, 6.07) is 15.9. The lowest BCUT2D eigenvalue weighted by molar-refractivity contribution is -0.143. The molecule has 4 N–H and O–H groups in total. The molecule has 296 valence electrons. The van der Waals surface area contributed by atoms with Gasteiger partial charge in [0, 0.05) is 31.0 Å². The monoisotopic (exact) mass is 817 g/mol. The van der Waals surface area contributed by atoms with Gasteiger partial charge in [-0.2, -0.15) is 0 Å². The fourth-order valence-electron chi connectivity index (χ4n) is 5.68. The number of benzene rings is 2. The Balaban J connectivity index is 2.64. The summed E-state index contributed by atoms with van der Waals surface area (Å²) < 4.78 is 13.0. The number of likely N-dealkylation sites (N-methyl/N-ethyl adjacent to an activating group) is 1. The first-order chi connectivity index (χ1) is 24.3. The van der Waals surface area contributed by atoms with E-state index in [4.69, 9.17) is 9.16 Å². The number of amides is 4. The second-order valence-electron chi connectivity index (χ2n) is 17.5. The van der Waals surface area contributed by atoms with Gasteiger partial charge in [0.1, 0.15) is 17.7 Å². The molecule has 2 aromatic rings. The summed E-state index contributed by atoms with van der Waals surface area (Å²) in [5.41, 5.74) is 2.37. The molecule has 0 spiro atoms. The molecule has 0 fully saturated rings. The van der Waals surface area contributed by atoms with Crippen molar-refractivity contribution in [1.29, 1.82) is 0 Å². The first kappa shape index (κ1) is 45.9. The number of methoxy groups -OCH3 is 1. The summed E-state index contributed by atoms with van der Waals surface area (Å²) in [7, 11) is 0.208. The Morgan fingerprint density at radius 2 is 1.34 bits per heavy atom. The van der Waals surface area contributed by atoms with Gasteiger partial charge in [0.2, 0.25) is 5.91 Å².